The Labute approximate surface area is 106 Å². The van der Waals surface area contributed by atoms with Crippen LogP contribution in [0.15, 0.2) is 11.3 Å². The van der Waals surface area contributed by atoms with E-state index in [2.05, 4.69) is 5.32 Å². The summed E-state index contributed by atoms with van der Waals surface area (Å²) in [5.74, 6) is -0.0340. The van der Waals surface area contributed by atoms with E-state index in [1.807, 2.05) is 13.8 Å². The maximum absolute atomic E-state index is 12.6. The molecular formula is C13H21F3N2. The Bertz CT molecular complexity index is 337. The Morgan fingerprint density at radius 3 is 2.11 bits per heavy atom. The van der Waals surface area contributed by atoms with Crippen LogP contribution in [0.3, 0.4) is 0 Å². The molecule has 0 amide bonds. The minimum absolute atomic E-state index is 0.0180. The summed E-state index contributed by atoms with van der Waals surface area (Å²) in [6, 6.07) is 0.262. The maximum Gasteiger partial charge on any atom is 0.432 e. The van der Waals surface area contributed by atoms with Crippen LogP contribution in [-0.2, 0) is 0 Å². The van der Waals surface area contributed by atoms with E-state index in [0.29, 0.717) is 5.70 Å². The van der Waals surface area contributed by atoms with Crippen LogP contribution in [0.4, 0.5) is 13.2 Å². The van der Waals surface area contributed by atoms with Crippen molar-refractivity contribution >= 4 is 5.71 Å². The number of allylic oxidation sites excluding steroid dienone is 2. The van der Waals surface area contributed by atoms with Crippen molar-refractivity contribution in [2.45, 2.75) is 58.7 Å². The van der Waals surface area contributed by atoms with Gasteiger partial charge in [-0.2, -0.15) is 13.2 Å². The highest BCUT2D eigenvalue weighted by Crippen LogP contribution is 2.26. The standard InChI is InChI=1S/C13H21F3N2/c1-8(2)11(18-10-6-4-5-7-10)9(3)12(17)13(14,15)16/h8,10,17-18H,4-7H2,1-3H3/b11-9-,17-12?. The van der Waals surface area contributed by atoms with Gasteiger partial charge in [0.1, 0.15) is 5.71 Å². The number of rotatable bonds is 4. The highest BCUT2D eigenvalue weighted by Gasteiger charge is 2.36. The Hall–Kier alpha value is -1.00. The van der Waals surface area contributed by atoms with Gasteiger partial charge in [-0.25, -0.2) is 0 Å². The predicted molar refractivity (Wildman–Crippen MR) is 66.7 cm³/mol. The van der Waals surface area contributed by atoms with Crippen LogP contribution in [0.1, 0.15) is 46.5 Å². The minimum atomic E-state index is -4.57. The molecule has 0 saturated heterocycles. The normalized spacial score (nSPS) is 19.1. The van der Waals surface area contributed by atoms with Crippen LogP contribution in [-0.4, -0.2) is 17.9 Å². The van der Waals surface area contributed by atoms with E-state index >= 15 is 0 Å². The smallest absolute Gasteiger partial charge is 0.385 e. The zero-order valence-corrected chi connectivity index (χ0v) is 11.1. The summed E-state index contributed by atoms with van der Waals surface area (Å²) in [4.78, 5) is 0. The first kappa shape index (κ1) is 15.1. The molecule has 1 aliphatic rings. The lowest BCUT2D eigenvalue weighted by Gasteiger charge is -2.23. The van der Waals surface area contributed by atoms with Crippen molar-refractivity contribution in [1.82, 2.24) is 5.32 Å². The van der Waals surface area contributed by atoms with Gasteiger partial charge in [0, 0.05) is 11.7 Å². The monoisotopic (exact) mass is 262 g/mol. The van der Waals surface area contributed by atoms with Gasteiger partial charge in [-0.05, 0) is 31.3 Å². The first-order chi connectivity index (χ1) is 8.23. The van der Waals surface area contributed by atoms with Crippen molar-refractivity contribution in [1.29, 1.82) is 5.41 Å². The number of hydrogen-bond acceptors (Lipinski definition) is 2. The molecule has 0 aromatic carbocycles. The van der Waals surface area contributed by atoms with E-state index < -0.39 is 11.9 Å². The number of nitrogens with one attached hydrogen (secondary N) is 2. The van der Waals surface area contributed by atoms with Gasteiger partial charge in [0.2, 0.25) is 0 Å². The second kappa shape index (κ2) is 5.76. The second-order valence-corrected chi connectivity index (χ2v) is 5.19. The molecule has 0 aromatic rings. The Balaban J connectivity index is 2.90. The summed E-state index contributed by atoms with van der Waals surface area (Å²) < 4.78 is 37.7. The summed E-state index contributed by atoms with van der Waals surface area (Å²) in [7, 11) is 0. The molecule has 0 aromatic heterocycles. The van der Waals surface area contributed by atoms with E-state index in [4.69, 9.17) is 5.41 Å². The molecule has 104 valence electrons. The lowest BCUT2D eigenvalue weighted by Crippen LogP contribution is -2.32. The summed E-state index contributed by atoms with van der Waals surface area (Å²) in [6.45, 7) is 5.09. The molecule has 2 nitrogen and oxygen atoms in total. The molecule has 1 fully saturated rings. The zero-order valence-electron chi connectivity index (χ0n) is 11.1. The maximum atomic E-state index is 12.6. The molecule has 2 N–H and O–H groups in total. The van der Waals surface area contributed by atoms with E-state index in [1.165, 1.54) is 6.92 Å². The van der Waals surface area contributed by atoms with Gasteiger partial charge >= 0.3 is 6.18 Å². The minimum Gasteiger partial charge on any atom is -0.385 e. The molecule has 0 radical (unpaired) electrons. The Morgan fingerprint density at radius 1 is 1.22 bits per heavy atom. The van der Waals surface area contributed by atoms with Crippen LogP contribution in [0.25, 0.3) is 0 Å². The largest absolute Gasteiger partial charge is 0.432 e. The van der Waals surface area contributed by atoms with Crippen LogP contribution in [0, 0.1) is 11.3 Å². The summed E-state index contributed by atoms with van der Waals surface area (Å²) in [5.41, 5.74) is -0.662. The number of hydrogen-bond donors (Lipinski definition) is 2. The molecule has 0 atom stereocenters. The highest BCUT2D eigenvalue weighted by molar-refractivity contribution is 6.01. The van der Waals surface area contributed by atoms with Crippen molar-refractivity contribution in [2.24, 2.45) is 5.92 Å². The van der Waals surface area contributed by atoms with Gasteiger partial charge in [0.15, 0.2) is 0 Å². The van der Waals surface area contributed by atoms with E-state index in [9.17, 15) is 13.2 Å². The van der Waals surface area contributed by atoms with Gasteiger partial charge < -0.3 is 5.32 Å². The lowest BCUT2D eigenvalue weighted by atomic mass is 10.00. The molecular weight excluding hydrogens is 241 g/mol. The van der Waals surface area contributed by atoms with Gasteiger partial charge in [-0.3, -0.25) is 5.41 Å². The van der Waals surface area contributed by atoms with Crippen molar-refractivity contribution in [3.63, 3.8) is 0 Å². The quantitative estimate of drug-likeness (QED) is 0.737. The summed E-state index contributed by atoms with van der Waals surface area (Å²) >= 11 is 0. The molecule has 1 saturated carbocycles. The predicted octanol–water partition coefficient (Wildman–Crippen LogP) is 4.03. The average molecular weight is 262 g/mol. The molecule has 0 spiro atoms. The fourth-order valence-corrected chi connectivity index (χ4v) is 2.35. The second-order valence-electron chi connectivity index (χ2n) is 5.19. The van der Waals surface area contributed by atoms with Crippen LogP contribution in [0.2, 0.25) is 0 Å². The molecule has 0 bridgehead atoms. The number of halogens is 3. The van der Waals surface area contributed by atoms with Crippen molar-refractivity contribution in [3.8, 4) is 0 Å². The van der Waals surface area contributed by atoms with E-state index in [-0.39, 0.29) is 17.5 Å². The molecule has 1 aliphatic carbocycles. The van der Waals surface area contributed by atoms with Crippen molar-refractivity contribution in [2.75, 3.05) is 0 Å². The molecule has 0 unspecified atom stereocenters. The third kappa shape index (κ3) is 3.75. The molecule has 1 rings (SSSR count). The average Bonchev–Trinajstić information content (AvgIpc) is 2.74. The fourth-order valence-electron chi connectivity index (χ4n) is 2.35. The van der Waals surface area contributed by atoms with Gasteiger partial charge in [0.25, 0.3) is 0 Å². The molecule has 0 aliphatic heterocycles. The van der Waals surface area contributed by atoms with Crippen molar-refractivity contribution < 1.29 is 13.2 Å². The fraction of sp³-hybridized carbons (Fsp3) is 0.769. The molecule has 5 heteroatoms. The highest BCUT2D eigenvalue weighted by atomic mass is 19.4. The molecule has 0 heterocycles. The van der Waals surface area contributed by atoms with Crippen molar-refractivity contribution in [3.05, 3.63) is 11.3 Å². The third-order valence-corrected chi connectivity index (χ3v) is 3.35. The SMILES string of the molecule is C/C(C(=N)C(F)(F)F)=C(/NC1CCCC1)C(C)C. The van der Waals surface area contributed by atoms with Crippen LogP contribution >= 0.6 is 0 Å². The van der Waals surface area contributed by atoms with E-state index in [1.54, 1.807) is 0 Å². The van der Waals surface area contributed by atoms with Gasteiger partial charge in [-0.15, -0.1) is 0 Å². The zero-order chi connectivity index (χ0) is 13.9. The summed E-state index contributed by atoms with van der Waals surface area (Å²) in [5, 5.41) is 10.4. The van der Waals surface area contributed by atoms with Crippen LogP contribution in [0.5, 0.6) is 0 Å². The third-order valence-electron chi connectivity index (χ3n) is 3.35. The summed E-state index contributed by atoms with van der Waals surface area (Å²) in [6.07, 6.45) is -0.315. The number of alkyl halides is 3. The van der Waals surface area contributed by atoms with Crippen LogP contribution < -0.4 is 5.32 Å². The van der Waals surface area contributed by atoms with Gasteiger partial charge in [-0.1, -0.05) is 26.7 Å². The first-order valence-corrected chi connectivity index (χ1v) is 6.37. The topological polar surface area (TPSA) is 35.9 Å². The Kier molecular flexibility index (Phi) is 4.82. The molecule has 18 heavy (non-hydrogen) atoms. The lowest BCUT2D eigenvalue weighted by molar-refractivity contribution is -0.0590. The van der Waals surface area contributed by atoms with E-state index in [0.717, 1.165) is 25.7 Å². The Morgan fingerprint density at radius 2 is 1.72 bits per heavy atom. The van der Waals surface area contributed by atoms with Gasteiger partial charge in [0.05, 0.1) is 0 Å². The first-order valence-electron chi connectivity index (χ1n) is 6.37.